The lowest BCUT2D eigenvalue weighted by Gasteiger charge is -2.35. The summed E-state index contributed by atoms with van der Waals surface area (Å²) in [6, 6.07) is 10.9. The van der Waals surface area contributed by atoms with E-state index in [1.54, 1.807) is 31.4 Å². The quantitative estimate of drug-likeness (QED) is 0.656. The number of benzene rings is 1. The number of hydrogen-bond donors (Lipinski definition) is 0. The molecule has 162 valence electrons. The first-order valence-electron chi connectivity index (χ1n) is 10.2. The maximum atomic E-state index is 13.1. The monoisotopic (exact) mass is 414 g/mol. The van der Waals surface area contributed by atoms with Crippen molar-refractivity contribution in [3.8, 4) is 0 Å². The molecule has 1 aliphatic rings. The summed E-state index contributed by atoms with van der Waals surface area (Å²) in [5, 5.41) is 4.40. The van der Waals surface area contributed by atoms with Crippen LogP contribution in [0.25, 0.3) is 0 Å². The number of likely N-dealkylation sites (N-methyl/N-ethyl adjacent to an activating group) is 1. The first-order valence-corrected chi connectivity index (χ1v) is 10.2. The minimum absolute atomic E-state index is 0.0858. The number of amides is 1. The smallest absolute Gasteiger partial charge is 0.269 e. The highest BCUT2D eigenvalue weighted by Crippen LogP contribution is 2.25. The summed E-state index contributed by atoms with van der Waals surface area (Å²) in [5.74, 6) is -0.0858. The number of ether oxygens (including phenoxy) is 2. The van der Waals surface area contributed by atoms with Gasteiger partial charge in [0, 0.05) is 47.0 Å². The van der Waals surface area contributed by atoms with Crippen molar-refractivity contribution in [1.29, 1.82) is 0 Å². The summed E-state index contributed by atoms with van der Waals surface area (Å²) in [6.45, 7) is 2.33. The van der Waals surface area contributed by atoms with Crippen LogP contribution in [0.4, 0.5) is 5.69 Å². The minimum Gasteiger partial charge on any atom is -0.383 e. The van der Waals surface area contributed by atoms with Gasteiger partial charge in [-0.05, 0) is 18.4 Å². The Hall–Kier alpha value is -2.71. The molecule has 1 fully saturated rings. The Morgan fingerprint density at radius 1 is 1.30 bits per heavy atom. The molecule has 1 aromatic carbocycles. The van der Waals surface area contributed by atoms with Crippen molar-refractivity contribution in [2.45, 2.75) is 25.0 Å². The third-order valence-electron chi connectivity index (χ3n) is 5.50. The number of anilines is 1. The molecule has 8 heteroatoms. The standard InChI is InChI=1S/C22H30N4O4/c1-24(12-13-29-2)19-14-20(27)26(23-15-19)18-10-7-11-25(16-18)22(28)21(30-3)17-8-5-4-6-9-17/h4-6,8-9,14-15,18,21H,7,10-13,16H2,1-3H3/t18-,21-/m0/s1. The molecule has 8 nitrogen and oxygen atoms in total. The van der Waals surface area contributed by atoms with Crippen LogP contribution in [0.5, 0.6) is 0 Å². The lowest BCUT2D eigenvalue weighted by Crippen LogP contribution is -2.45. The molecule has 2 heterocycles. The third-order valence-corrected chi connectivity index (χ3v) is 5.50. The Bertz CT molecular complexity index is 886. The molecular formula is C22H30N4O4. The summed E-state index contributed by atoms with van der Waals surface area (Å²) < 4.78 is 12.1. The van der Waals surface area contributed by atoms with E-state index in [1.165, 1.54) is 4.68 Å². The molecule has 0 saturated carbocycles. The van der Waals surface area contributed by atoms with E-state index in [0.717, 1.165) is 24.1 Å². The van der Waals surface area contributed by atoms with Crippen LogP contribution in [0, 0.1) is 0 Å². The van der Waals surface area contributed by atoms with Gasteiger partial charge in [-0.2, -0.15) is 5.10 Å². The molecule has 0 bridgehead atoms. The molecule has 3 rings (SSSR count). The summed E-state index contributed by atoms with van der Waals surface area (Å²) in [4.78, 5) is 29.5. The molecule has 0 spiro atoms. The van der Waals surface area contributed by atoms with Crippen molar-refractivity contribution in [3.63, 3.8) is 0 Å². The van der Waals surface area contributed by atoms with E-state index in [2.05, 4.69) is 5.10 Å². The van der Waals surface area contributed by atoms with Gasteiger partial charge in [0.1, 0.15) is 0 Å². The van der Waals surface area contributed by atoms with Crippen LogP contribution >= 0.6 is 0 Å². The molecule has 2 atom stereocenters. The van der Waals surface area contributed by atoms with Gasteiger partial charge in [-0.15, -0.1) is 0 Å². The maximum absolute atomic E-state index is 13.1. The summed E-state index contributed by atoms with van der Waals surface area (Å²) in [7, 11) is 5.09. The number of methoxy groups -OCH3 is 2. The fourth-order valence-electron chi connectivity index (χ4n) is 3.78. The SMILES string of the molecule is COCCN(C)c1cnn([C@H]2CCCN(C(=O)[C@@H](OC)c3ccccc3)C2)c(=O)c1. The van der Waals surface area contributed by atoms with E-state index in [4.69, 9.17) is 9.47 Å². The molecule has 30 heavy (non-hydrogen) atoms. The van der Waals surface area contributed by atoms with Crippen LogP contribution in [0.15, 0.2) is 47.4 Å². The van der Waals surface area contributed by atoms with Crippen molar-refractivity contribution < 1.29 is 14.3 Å². The lowest BCUT2D eigenvalue weighted by atomic mass is 10.0. The average Bonchev–Trinajstić information content (AvgIpc) is 2.78. The summed E-state index contributed by atoms with van der Waals surface area (Å²) in [5.41, 5.74) is 1.41. The Labute approximate surface area is 177 Å². The first-order chi connectivity index (χ1) is 14.5. The van der Waals surface area contributed by atoms with Gasteiger partial charge in [-0.25, -0.2) is 4.68 Å². The van der Waals surface area contributed by atoms with Gasteiger partial charge < -0.3 is 19.3 Å². The number of rotatable bonds is 8. The zero-order chi connectivity index (χ0) is 21.5. The fraction of sp³-hybridized carbons (Fsp3) is 0.500. The maximum Gasteiger partial charge on any atom is 0.269 e. The second-order valence-corrected chi connectivity index (χ2v) is 7.52. The Kier molecular flexibility index (Phi) is 7.59. The molecule has 0 radical (unpaired) electrons. The number of nitrogens with zero attached hydrogens (tertiary/aromatic N) is 4. The highest BCUT2D eigenvalue weighted by molar-refractivity contribution is 5.82. The topological polar surface area (TPSA) is 76.9 Å². The van der Waals surface area contributed by atoms with E-state index in [-0.39, 0.29) is 17.5 Å². The van der Waals surface area contributed by atoms with Crippen LogP contribution in [0.2, 0.25) is 0 Å². The normalized spacial score (nSPS) is 17.6. The molecule has 1 saturated heterocycles. The van der Waals surface area contributed by atoms with E-state index >= 15 is 0 Å². The Morgan fingerprint density at radius 2 is 2.07 bits per heavy atom. The van der Waals surface area contributed by atoms with Crippen molar-refractivity contribution in [2.75, 3.05) is 52.4 Å². The van der Waals surface area contributed by atoms with Crippen LogP contribution in [-0.4, -0.2) is 68.1 Å². The zero-order valence-corrected chi connectivity index (χ0v) is 17.9. The molecule has 1 aromatic heterocycles. The predicted octanol–water partition coefficient (Wildman–Crippen LogP) is 1.88. The number of hydrogen-bond acceptors (Lipinski definition) is 6. The Morgan fingerprint density at radius 3 is 2.73 bits per heavy atom. The molecular weight excluding hydrogens is 384 g/mol. The second kappa shape index (κ2) is 10.4. The second-order valence-electron chi connectivity index (χ2n) is 7.52. The molecule has 1 amide bonds. The highest BCUT2D eigenvalue weighted by Gasteiger charge is 2.31. The van der Waals surface area contributed by atoms with E-state index < -0.39 is 6.10 Å². The summed E-state index contributed by atoms with van der Waals surface area (Å²) in [6.07, 6.45) is 2.66. The van der Waals surface area contributed by atoms with Crippen molar-refractivity contribution in [2.24, 2.45) is 0 Å². The molecule has 0 aliphatic carbocycles. The first kappa shape index (κ1) is 22.0. The largest absolute Gasteiger partial charge is 0.383 e. The number of carbonyl (C=O) groups excluding carboxylic acids is 1. The van der Waals surface area contributed by atoms with E-state index in [1.807, 2.05) is 42.3 Å². The van der Waals surface area contributed by atoms with Crippen LogP contribution in [0.3, 0.4) is 0 Å². The minimum atomic E-state index is -0.647. The fourth-order valence-corrected chi connectivity index (χ4v) is 3.78. The molecule has 2 aromatic rings. The van der Waals surface area contributed by atoms with Crippen molar-refractivity contribution in [3.05, 3.63) is 58.5 Å². The van der Waals surface area contributed by atoms with Crippen molar-refractivity contribution in [1.82, 2.24) is 14.7 Å². The lowest BCUT2D eigenvalue weighted by molar-refractivity contribution is -0.144. The number of piperidine rings is 1. The van der Waals surface area contributed by atoms with Crippen LogP contribution in [0.1, 0.15) is 30.6 Å². The van der Waals surface area contributed by atoms with E-state index in [9.17, 15) is 9.59 Å². The zero-order valence-electron chi connectivity index (χ0n) is 17.9. The van der Waals surface area contributed by atoms with Gasteiger partial charge in [0.25, 0.3) is 11.5 Å². The predicted molar refractivity (Wildman–Crippen MR) is 115 cm³/mol. The molecule has 0 unspecified atom stereocenters. The van der Waals surface area contributed by atoms with Crippen molar-refractivity contribution >= 4 is 11.6 Å². The van der Waals surface area contributed by atoms with Gasteiger partial charge in [0.2, 0.25) is 0 Å². The highest BCUT2D eigenvalue weighted by atomic mass is 16.5. The van der Waals surface area contributed by atoms with Crippen LogP contribution < -0.4 is 10.5 Å². The molecule has 1 aliphatic heterocycles. The third kappa shape index (κ3) is 5.06. The van der Waals surface area contributed by atoms with Crippen LogP contribution in [-0.2, 0) is 14.3 Å². The Balaban J connectivity index is 1.73. The average molecular weight is 415 g/mol. The van der Waals surface area contributed by atoms with Gasteiger partial charge in [0.05, 0.1) is 24.5 Å². The van der Waals surface area contributed by atoms with E-state index in [0.29, 0.717) is 26.2 Å². The number of aromatic nitrogens is 2. The van der Waals surface area contributed by atoms with Gasteiger partial charge in [-0.1, -0.05) is 30.3 Å². The van der Waals surface area contributed by atoms with Gasteiger partial charge in [-0.3, -0.25) is 9.59 Å². The molecule has 0 N–H and O–H groups in total. The number of carbonyl (C=O) groups is 1. The summed E-state index contributed by atoms with van der Waals surface area (Å²) >= 11 is 0. The van der Waals surface area contributed by atoms with Gasteiger partial charge >= 0.3 is 0 Å². The number of likely N-dealkylation sites (tertiary alicyclic amines) is 1. The van der Waals surface area contributed by atoms with Gasteiger partial charge in [0.15, 0.2) is 6.10 Å².